The van der Waals surface area contributed by atoms with Crippen LogP contribution in [0.1, 0.15) is 96.6 Å². The summed E-state index contributed by atoms with van der Waals surface area (Å²) in [5.41, 5.74) is 4.25. The third-order valence-electron chi connectivity index (χ3n) is 6.64. The van der Waals surface area contributed by atoms with Crippen molar-refractivity contribution >= 4 is 0 Å². The second-order valence-electron chi connectivity index (χ2n) is 11.0. The highest BCUT2D eigenvalue weighted by Crippen LogP contribution is 2.37. The summed E-state index contributed by atoms with van der Waals surface area (Å²) in [6, 6.07) is 17.0. The van der Waals surface area contributed by atoms with Crippen molar-refractivity contribution in [3.8, 4) is 11.5 Å². The third kappa shape index (κ3) is 8.20. The Balaban J connectivity index is 1.41. The van der Waals surface area contributed by atoms with Gasteiger partial charge in [-0.15, -0.1) is 0 Å². The molecule has 0 aliphatic heterocycles. The molecular weight excluding hydrogens is 420 g/mol. The molecule has 0 spiro atoms. The fourth-order valence-electron chi connectivity index (χ4n) is 4.80. The molecular formula is C31H44O3. The molecule has 0 aromatic heterocycles. The second kappa shape index (κ2) is 12.4. The van der Waals surface area contributed by atoms with E-state index in [9.17, 15) is 0 Å². The molecule has 1 aliphatic carbocycles. The van der Waals surface area contributed by atoms with E-state index in [1.54, 1.807) is 0 Å². The van der Waals surface area contributed by atoms with Crippen molar-refractivity contribution in [1.82, 2.24) is 0 Å². The zero-order chi connectivity index (χ0) is 24.6. The van der Waals surface area contributed by atoms with Crippen LogP contribution in [0, 0.1) is 5.41 Å². The molecule has 2 aromatic rings. The minimum atomic E-state index is -0.334. The fraction of sp³-hybridized carbons (Fsp3) is 0.548. The van der Waals surface area contributed by atoms with Gasteiger partial charge in [0, 0.05) is 5.92 Å². The molecule has 1 saturated carbocycles. The summed E-state index contributed by atoms with van der Waals surface area (Å²) in [6.45, 7) is 14.1. The van der Waals surface area contributed by atoms with Crippen LogP contribution in [0.4, 0.5) is 0 Å². The molecule has 0 radical (unpaired) electrons. The van der Waals surface area contributed by atoms with Crippen LogP contribution in [0.25, 0.3) is 0 Å². The van der Waals surface area contributed by atoms with Gasteiger partial charge in [0.2, 0.25) is 0 Å². The minimum Gasteiger partial charge on any atom is -0.491 e. The number of hydrogen-bond donors (Lipinski definition) is 0. The van der Waals surface area contributed by atoms with Gasteiger partial charge in [0.15, 0.2) is 6.29 Å². The monoisotopic (exact) mass is 464 g/mol. The van der Waals surface area contributed by atoms with Crippen LogP contribution >= 0.6 is 0 Å². The summed E-state index contributed by atoms with van der Waals surface area (Å²) in [5, 5.41) is 0. The molecule has 0 amide bonds. The quantitative estimate of drug-likeness (QED) is 0.200. The summed E-state index contributed by atoms with van der Waals surface area (Å²) in [5.74, 6) is 2.82. The zero-order valence-corrected chi connectivity index (χ0v) is 22.1. The number of ether oxygens (including phenoxy) is 3. The van der Waals surface area contributed by atoms with Crippen molar-refractivity contribution in [3.63, 3.8) is 0 Å². The Morgan fingerprint density at radius 2 is 1.50 bits per heavy atom. The summed E-state index contributed by atoms with van der Waals surface area (Å²) in [4.78, 5) is 0. The van der Waals surface area contributed by atoms with E-state index in [1.807, 2.05) is 19.1 Å². The van der Waals surface area contributed by atoms with Gasteiger partial charge in [0.1, 0.15) is 18.1 Å². The van der Waals surface area contributed by atoms with Gasteiger partial charge < -0.3 is 14.2 Å². The first-order valence-electron chi connectivity index (χ1n) is 13.0. The molecule has 34 heavy (non-hydrogen) atoms. The highest BCUT2D eigenvalue weighted by molar-refractivity contribution is 5.33. The molecule has 0 N–H and O–H groups in total. The van der Waals surface area contributed by atoms with Crippen molar-refractivity contribution in [3.05, 3.63) is 71.3 Å². The van der Waals surface area contributed by atoms with Crippen LogP contribution in [-0.2, 0) is 4.74 Å². The first-order valence-corrected chi connectivity index (χ1v) is 13.0. The Morgan fingerprint density at radius 1 is 0.882 bits per heavy atom. The maximum absolute atomic E-state index is 5.96. The van der Waals surface area contributed by atoms with Gasteiger partial charge in [-0.3, -0.25) is 0 Å². The maximum Gasteiger partial charge on any atom is 0.197 e. The summed E-state index contributed by atoms with van der Waals surface area (Å²) < 4.78 is 17.6. The lowest BCUT2D eigenvalue weighted by molar-refractivity contribution is -0.0739. The van der Waals surface area contributed by atoms with Gasteiger partial charge in [-0.05, 0) is 80.3 Å². The molecule has 186 valence electrons. The van der Waals surface area contributed by atoms with E-state index < -0.39 is 0 Å². The summed E-state index contributed by atoms with van der Waals surface area (Å²) in [7, 11) is 0. The summed E-state index contributed by atoms with van der Waals surface area (Å²) >= 11 is 0. The van der Waals surface area contributed by atoms with E-state index in [4.69, 9.17) is 14.2 Å². The molecule has 2 aromatic carbocycles. The molecule has 0 bridgehead atoms. The Hall–Kier alpha value is -2.26. The normalized spacial score (nSPS) is 16.5. The van der Waals surface area contributed by atoms with Gasteiger partial charge in [-0.1, -0.05) is 75.9 Å². The number of benzene rings is 2. The van der Waals surface area contributed by atoms with Crippen LogP contribution in [0.15, 0.2) is 60.2 Å². The van der Waals surface area contributed by atoms with E-state index >= 15 is 0 Å². The zero-order valence-electron chi connectivity index (χ0n) is 22.1. The lowest BCUT2D eigenvalue weighted by Gasteiger charge is -2.29. The maximum atomic E-state index is 5.96. The molecule has 3 nitrogen and oxygen atoms in total. The topological polar surface area (TPSA) is 27.7 Å². The number of rotatable bonds is 10. The van der Waals surface area contributed by atoms with Crippen molar-refractivity contribution < 1.29 is 14.2 Å². The van der Waals surface area contributed by atoms with Crippen molar-refractivity contribution in [2.75, 3.05) is 13.2 Å². The average molecular weight is 465 g/mol. The summed E-state index contributed by atoms with van der Waals surface area (Å²) in [6.07, 6.45) is 8.77. The van der Waals surface area contributed by atoms with Crippen LogP contribution in [-0.4, -0.2) is 19.5 Å². The molecule has 3 rings (SSSR count). The van der Waals surface area contributed by atoms with Gasteiger partial charge in [-0.2, -0.15) is 0 Å². The largest absolute Gasteiger partial charge is 0.491 e. The van der Waals surface area contributed by atoms with E-state index in [0.29, 0.717) is 19.1 Å². The lowest BCUT2D eigenvalue weighted by Crippen LogP contribution is -2.20. The molecule has 1 aliphatic rings. The fourth-order valence-corrected chi connectivity index (χ4v) is 4.80. The van der Waals surface area contributed by atoms with E-state index in [-0.39, 0.29) is 11.7 Å². The molecule has 2 unspecified atom stereocenters. The molecule has 2 atom stereocenters. The Labute approximate surface area is 207 Å². The second-order valence-corrected chi connectivity index (χ2v) is 11.0. The Kier molecular flexibility index (Phi) is 9.64. The van der Waals surface area contributed by atoms with Crippen LogP contribution in [0.3, 0.4) is 0 Å². The van der Waals surface area contributed by atoms with E-state index in [2.05, 4.69) is 77.1 Å². The Morgan fingerprint density at radius 3 is 2.09 bits per heavy atom. The lowest BCUT2D eigenvalue weighted by atomic mass is 9.76. The van der Waals surface area contributed by atoms with Gasteiger partial charge in [0.25, 0.3) is 0 Å². The van der Waals surface area contributed by atoms with Crippen molar-refractivity contribution in [1.29, 1.82) is 0 Å². The standard InChI is InChI=1S/C31H44O3/c1-23(2)22-30(31(4,5)6)27-14-18-29(19-15-27)34-24(3)32-20-21-33-28-16-12-26(13-17-28)25-10-8-7-9-11-25/h12-19,22,24-25,30H,7-11,20-21H2,1-6H3. The average Bonchev–Trinajstić information content (AvgIpc) is 2.81. The van der Waals surface area contributed by atoms with Crippen LogP contribution < -0.4 is 9.47 Å². The SMILES string of the molecule is CC(C)=CC(c1ccc(OC(C)OCCOc2ccc(C3CCCCC3)cc2)cc1)C(C)(C)C. The number of hydrogen-bond acceptors (Lipinski definition) is 3. The highest BCUT2D eigenvalue weighted by atomic mass is 16.7. The first-order chi connectivity index (χ1) is 16.2. The molecule has 0 saturated heterocycles. The smallest absolute Gasteiger partial charge is 0.197 e. The highest BCUT2D eigenvalue weighted by Gasteiger charge is 2.24. The van der Waals surface area contributed by atoms with Gasteiger partial charge in [-0.25, -0.2) is 0 Å². The van der Waals surface area contributed by atoms with Gasteiger partial charge >= 0.3 is 0 Å². The first kappa shape index (κ1) is 26.3. The predicted molar refractivity (Wildman–Crippen MR) is 142 cm³/mol. The molecule has 3 heteroatoms. The number of allylic oxidation sites excluding steroid dienone is 2. The molecule has 0 heterocycles. The van der Waals surface area contributed by atoms with E-state index in [0.717, 1.165) is 17.4 Å². The predicted octanol–water partition coefficient (Wildman–Crippen LogP) is 8.65. The van der Waals surface area contributed by atoms with Gasteiger partial charge in [0.05, 0.1) is 6.61 Å². The Bertz CT molecular complexity index is 880. The van der Waals surface area contributed by atoms with Crippen LogP contribution in [0.5, 0.6) is 11.5 Å². The minimum absolute atomic E-state index is 0.159. The van der Waals surface area contributed by atoms with Crippen molar-refractivity contribution in [2.24, 2.45) is 5.41 Å². The van der Waals surface area contributed by atoms with E-state index in [1.165, 1.54) is 48.8 Å². The molecule has 1 fully saturated rings. The van der Waals surface area contributed by atoms with Crippen LogP contribution in [0.2, 0.25) is 0 Å². The third-order valence-corrected chi connectivity index (χ3v) is 6.64. The van der Waals surface area contributed by atoms with Crippen molar-refractivity contribution in [2.45, 2.75) is 91.8 Å².